The molecule has 0 amide bonds. The van der Waals surface area contributed by atoms with E-state index in [1.165, 1.54) is 0 Å². The molecule has 0 saturated heterocycles. The van der Waals surface area contributed by atoms with Crippen LogP contribution in [0.5, 0.6) is 11.5 Å². The molecule has 22 heavy (non-hydrogen) atoms. The molecular weight excluding hydrogens is 299 g/mol. The van der Waals surface area contributed by atoms with Gasteiger partial charge in [-0.2, -0.15) is 0 Å². The minimum atomic E-state index is -4.04. The molecule has 0 atom stereocenters. The molecule has 0 fully saturated rings. The molecule has 0 spiro atoms. The first-order valence-corrected chi connectivity index (χ1v) is 8.27. The van der Waals surface area contributed by atoms with Crippen molar-refractivity contribution in [2.24, 2.45) is 0 Å². The van der Waals surface area contributed by atoms with Crippen LogP contribution in [0, 0.1) is 13.8 Å². The second-order valence-electron chi connectivity index (χ2n) is 4.85. The highest BCUT2D eigenvalue weighted by Crippen LogP contribution is 2.49. The Morgan fingerprint density at radius 3 is 1.59 bits per heavy atom. The highest BCUT2D eigenvalue weighted by atomic mass is 31.2. The maximum Gasteiger partial charge on any atom is 0.502 e. The number of hydrogen-bond acceptors (Lipinski definition) is 4. The van der Waals surface area contributed by atoms with Crippen LogP contribution in [0.25, 0.3) is 0 Å². The molecule has 0 heterocycles. The summed E-state index contributed by atoms with van der Waals surface area (Å²) in [5.41, 5.74) is 1.27. The molecule has 2 aromatic carbocycles. The van der Waals surface area contributed by atoms with E-state index in [-0.39, 0.29) is 0 Å². The van der Waals surface area contributed by atoms with Crippen molar-refractivity contribution in [3.05, 3.63) is 72.3 Å². The standard InChI is InChI=1S/C17H17O4P/c1-4-17(18)22(19,20-15-9-5-13(2)6-10-15)21-16-11-7-14(3)8-12-16/h4-12H,1H2,2-3H3. The number of aryl methyl sites for hydroxylation is 2. The number of carbonyl (C=O) groups excluding carboxylic acids is 1. The second-order valence-corrected chi connectivity index (χ2v) is 6.65. The topological polar surface area (TPSA) is 52.6 Å². The Morgan fingerprint density at radius 1 is 0.909 bits per heavy atom. The lowest BCUT2D eigenvalue weighted by Crippen LogP contribution is -2.09. The molecule has 0 aliphatic rings. The van der Waals surface area contributed by atoms with Gasteiger partial charge in [0.1, 0.15) is 11.5 Å². The molecule has 0 saturated carbocycles. The lowest BCUT2D eigenvalue weighted by atomic mass is 10.2. The Labute approximate surface area is 129 Å². The maximum atomic E-state index is 12.8. The first-order chi connectivity index (χ1) is 10.4. The third-order valence-electron chi connectivity index (χ3n) is 2.94. The smallest absolute Gasteiger partial charge is 0.411 e. The fraction of sp³-hybridized carbons (Fsp3) is 0.118. The Hall–Kier alpha value is -2.32. The maximum absolute atomic E-state index is 12.8. The van der Waals surface area contributed by atoms with Crippen LogP contribution in [0.4, 0.5) is 0 Å². The molecule has 4 nitrogen and oxygen atoms in total. The highest BCUT2D eigenvalue weighted by molar-refractivity contribution is 7.73. The molecular formula is C17H17O4P. The predicted molar refractivity (Wildman–Crippen MR) is 86.4 cm³/mol. The summed E-state index contributed by atoms with van der Waals surface area (Å²) >= 11 is 0. The molecule has 0 bridgehead atoms. The van der Waals surface area contributed by atoms with Gasteiger partial charge in [0.25, 0.3) is 5.52 Å². The van der Waals surface area contributed by atoms with Crippen molar-refractivity contribution in [2.45, 2.75) is 13.8 Å². The zero-order chi connectivity index (χ0) is 16.2. The van der Waals surface area contributed by atoms with E-state index in [9.17, 15) is 9.36 Å². The van der Waals surface area contributed by atoms with E-state index < -0.39 is 13.1 Å². The van der Waals surface area contributed by atoms with Gasteiger partial charge in [-0.3, -0.25) is 4.79 Å². The normalized spacial score (nSPS) is 10.8. The van der Waals surface area contributed by atoms with Gasteiger partial charge in [0.15, 0.2) is 0 Å². The molecule has 0 aliphatic heterocycles. The summed E-state index contributed by atoms with van der Waals surface area (Å²) in [6.07, 6.45) is 0.948. The average Bonchev–Trinajstić information content (AvgIpc) is 2.51. The number of allylic oxidation sites excluding steroid dienone is 1. The van der Waals surface area contributed by atoms with Gasteiger partial charge >= 0.3 is 7.60 Å². The number of rotatable bonds is 6. The lowest BCUT2D eigenvalue weighted by Gasteiger charge is -2.17. The van der Waals surface area contributed by atoms with E-state index in [4.69, 9.17) is 9.05 Å². The second kappa shape index (κ2) is 6.63. The third-order valence-corrected chi connectivity index (χ3v) is 4.56. The predicted octanol–water partition coefficient (Wildman–Crippen LogP) is 4.67. The van der Waals surface area contributed by atoms with Crippen molar-refractivity contribution in [3.63, 3.8) is 0 Å². The summed E-state index contributed by atoms with van der Waals surface area (Å²) in [6.45, 7) is 7.19. The van der Waals surface area contributed by atoms with Gasteiger partial charge in [-0.15, -0.1) is 0 Å². The Morgan fingerprint density at radius 2 is 1.27 bits per heavy atom. The summed E-state index contributed by atoms with van der Waals surface area (Å²) in [4.78, 5) is 11.9. The molecule has 0 aromatic heterocycles. The van der Waals surface area contributed by atoms with Gasteiger partial charge in [0.05, 0.1) is 0 Å². The zero-order valence-electron chi connectivity index (χ0n) is 12.5. The van der Waals surface area contributed by atoms with Gasteiger partial charge in [-0.25, -0.2) is 4.57 Å². The van der Waals surface area contributed by atoms with Crippen LogP contribution in [-0.2, 0) is 9.36 Å². The van der Waals surface area contributed by atoms with E-state index in [2.05, 4.69) is 6.58 Å². The van der Waals surface area contributed by atoms with Crippen molar-refractivity contribution >= 4 is 13.1 Å². The van der Waals surface area contributed by atoms with E-state index in [1.54, 1.807) is 48.5 Å². The fourth-order valence-corrected chi connectivity index (χ4v) is 2.94. The van der Waals surface area contributed by atoms with E-state index >= 15 is 0 Å². The number of hydrogen-bond donors (Lipinski definition) is 0. The van der Waals surface area contributed by atoms with Crippen molar-refractivity contribution in [1.29, 1.82) is 0 Å². The first-order valence-electron chi connectivity index (χ1n) is 6.72. The summed E-state index contributed by atoms with van der Waals surface area (Å²) in [5, 5.41) is 0. The van der Waals surface area contributed by atoms with Crippen molar-refractivity contribution in [2.75, 3.05) is 0 Å². The van der Waals surface area contributed by atoms with E-state index in [0.29, 0.717) is 11.5 Å². The van der Waals surface area contributed by atoms with Crippen LogP contribution in [0.2, 0.25) is 0 Å². The summed E-state index contributed by atoms with van der Waals surface area (Å²) in [7, 11) is -4.04. The number of carbonyl (C=O) groups is 1. The van der Waals surface area contributed by atoms with Gasteiger partial charge in [0, 0.05) is 0 Å². The molecule has 0 N–H and O–H groups in total. The van der Waals surface area contributed by atoms with Gasteiger partial charge in [-0.05, 0) is 44.2 Å². The zero-order valence-corrected chi connectivity index (χ0v) is 13.4. The highest BCUT2D eigenvalue weighted by Gasteiger charge is 2.36. The van der Waals surface area contributed by atoms with Crippen LogP contribution in [0.3, 0.4) is 0 Å². The minimum Gasteiger partial charge on any atom is -0.411 e. The van der Waals surface area contributed by atoms with Crippen LogP contribution < -0.4 is 9.05 Å². The molecule has 2 rings (SSSR count). The van der Waals surface area contributed by atoms with Crippen molar-refractivity contribution in [1.82, 2.24) is 0 Å². The van der Waals surface area contributed by atoms with Gasteiger partial charge in [-0.1, -0.05) is 42.0 Å². The van der Waals surface area contributed by atoms with Crippen molar-refractivity contribution in [3.8, 4) is 11.5 Å². The van der Waals surface area contributed by atoms with Crippen LogP contribution in [-0.4, -0.2) is 5.52 Å². The Kier molecular flexibility index (Phi) is 4.84. The van der Waals surface area contributed by atoms with Crippen LogP contribution >= 0.6 is 7.60 Å². The molecule has 5 heteroatoms. The SMILES string of the molecule is C=CC(=O)P(=O)(Oc1ccc(C)cc1)Oc1ccc(C)cc1. The molecule has 2 aromatic rings. The summed E-state index contributed by atoms with van der Waals surface area (Å²) < 4.78 is 23.5. The Balaban J connectivity index is 2.29. The monoisotopic (exact) mass is 316 g/mol. The van der Waals surface area contributed by atoms with Crippen LogP contribution in [0.15, 0.2) is 61.2 Å². The fourth-order valence-electron chi connectivity index (χ4n) is 1.70. The molecule has 0 radical (unpaired) electrons. The molecule has 0 aliphatic carbocycles. The van der Waals surface area contributed by atoms with Crippen LogP contribution in [0.1, 0.15) is 11.1 Å². The Bertz CT molecular complexity index is 666. The summed E-state index contributed by atoms with van der Waals surface area (Å²) in [5.74, 6) is 0.604. The van der Waals surface area contributed by atoms with Gasteiger partial charge < -0.3 is 9.05 Å². The largest absolute Gasteiger partial charge is 0.502 e. The average molecular weight is 316 g/mol. The quantitative estimate of drug-likeness (QED) is 0.574. The van der Waals surface area contributed by atoms with Gasteiger partial charge in [0.2, 0.25) is 0 Å². The van der Waals surface area contributed by atoms with E-state index in [1.807, 2.05) is 13.8 Å². The summed E-state index contributed by atoms with van der Waals surface area (Å²) in [6, 6.07) is 13.7. The first kappa shape index (κ1) is 16.1. The number of benzene rings is 2. The minimum absolute atomic E-state index is 0.302. The molecule has 114 valence electrons. The molecule has 0 unspecified atom stereocenters. The third kappa shape index (κ3) is 3.86. The lowest BCUT2D eigenvalue weighted by molar-refractivity contribution is -0.109. The van der Waals surface area contributed by atoms with Crippen molar-refractivity contribution < 1.29 is 18.4 Å². The van der Waals surface area contributed by atoms with E-state index in [0.717, 1.165) is 17.2 Å².